The number of fused-ring (bicyclic) bond motifs is 1. The molecule has 0 radical (unpaired) electrons. The minimum Gasteiger partial charge on any atom is -0.328 e. The van der Waals surface area contributed by atoms with Gasteiger partial charge in [0.1, 0.15) is 5.82 Å². The van der Waals surface area contributed by atoms with E-state index in [1.165, 1.54) is 4.31 Å². The van der Waals surface area contributed by atoms with Crippen LogP contribution in [0.2, 0.25) is 0 Å². The third-order valence-corrected chi connectivity index (χ3v) is 8.53. The molecule has 2 aliphatic rings. The Hall–Kier alpha value is -1.84. The number of benzene rings is 1. The van der Waals surface area contributed by atoms with Gasteiger partial charge < -0.3 is 9.47 Å². The second kappa shape index (κ2) is 8.12. The third kappa shape index (κ3) is 3.95. The topological polar surface area (TPSA) is 75.5 Å². The van der Waals surface area contributed by atoms with E-state index in [-0.39, 0.29) is 24.1 Å². The van der Waals surface area contributed by atoms with E-state index in [9.17, 15) is 13.2 Å². The standard InChI is InChI=1S/C20H26N4O3S2/c1-3-29(26,27)23-10-6-7-15(14-23)20(25)24-11-12-28-19(24)13-18-21-16-8-4-5-9-17(16)22(18)2/h4-5,8-9,13,15H,3,6-7,10-12,14H2,1-2H3/b19-13+/t15-/m0/s1. The van der Waals surface area contributed by atoms with E-state index >= 15 is 0 Å². The first kappa shape index (κ1) is 20.4. The molecule has 156 valence electrons. The van der Waals surface area contributed by atoms with Gasteiger partial charge >= 0.3 is 0 Å². The van der Waals surface area contributed by atoms with Crippen molar-refractivity contribution < 1.29 is 13.2 Å². The molecular weight excluding hydrogens is 408 g/mol. The molecule has 0 saturated carbocycles. The lowest BCUT2D eigenvalue weighted by atomic mass is 9.98. The second-order valence-electron chi connectivity index (χ2n) is 7.44. The van der Waals surface area contributed by atoms with Crippen LogP contribution in [0.1, 0.15) is 25.6 Å². The number of imidazole rings is 1. The summed E-state index contributed by atoms with van der Waals surface area (Å²) < 4.78 is 28.0. The van der Waals surface area contributed by atoms with Gasteiger partial charge in [0.05, 0.1) is 27.7 Å². The van der Waals surface area contributed by atoms with Crippen LogP contribution in [0.25, 0.3) is 17.1 Å². The number of nitrogens with zero attached hydrogens (tertiary/aromatic N) is 4. The van der Waals surface area contributed by atoms with Gasteiger partial charge in [0.2, 0.25) is 15.9 Å². The van der Waals surface area contributed by atoms with Crippen molar-refractivity contribution in [3.05, 3.63) is 35.1 Å². The smallest absolute Gasteiger partial charge is 0.231 e. The van der Waals surface area contributed by atoms with Gasteiger partial charge in [0.25, 0.3) is 0 Å². The molecule has 9 heteroatoms. The number of aryl methyl sites for hydroxylation is 1. The Labute approximate surface area is 175 Å². The van der Waals surface area contributed by atoms with Gasteiger partial charge in [-0.15, -0.1) is 11.8 Å². The highest BCUT2D eigenvalue weighted by atomic mass is 32.2. The minimum absolute atomic E-state index is 0.0241. The Kier molecular flexibility index (Phi) is 5.72. The summed E-state index contributed by atoms with van der Waals surface area (Å²) in [5, 5.41) is 0.892. The number of carbonyl (C=O) groups is 1. The van der Waals surface area contributed by atoms with Crippen molar-refractivity contribution in [1.29, 1.82) is 0 Å². The predicted octanol–water partition coefficient (Wildman–Crippen LogP) is 2.51. The summed E-state index contributed by atoms with van der Waals surface area (Å²) >= 11 is 1.65. The Morgan fingerprint density at radius 3 is 2.86 bits per heavy atom. The highest BCUT2D eigenvalue weighted by Gasteiger charge is 2.36. The molecule has 2 aliphatic heterocycles. The monoisotopic (exact) mass is 434 g/mol. The highest BCUT2D eigenvalue weighted by molar-refractivity contribution is 8.03. The average molecular weight is 435 g/mol. The Balaban J connectivity index is 1.57. The van der Waals surface area contributed by atoms with Crippen molar-refractivity contribution in [3.8, 4) is 0 Å². The molecule has 2 saturated heterocycles. The fourth-order valence-corrected chi connectivity index (χ4v) is 6.16. The summed E-state index contributed by atoms with van der Waals surface area (Å²) in [6, 6.07) is 7.96. The molecule has 0 unspecified atom stereocenters. The molecule has 29 heavy (non-hydrogen) atoms. The van der Waals surface area contributed by atoms with Gasteiger partial charge in [-0.1, -0.05) is 12.1 Å². The third-order valence-electron chi connectivity index (χ3n) is 5.66. The summed E-state index contributed by atoms with van der Waals surface area (Å²) in [5.74, 6) is 1.46. The average Bonchev–Trinajstić information content (AvgIpc) is 3.33. The van der Waals surface area contributed by atoms with Crippen LogP contribution in [0.3, 0.4) is 0 Å². The van der Waals surface area contributed by atoms with Gasteiger partial charge in [0.15, 0.2) is 0 Å². The van der Waals surface area contributed by atoms with Crippen LogP contribution in [0.15, 0.2) is 29.3 Å². The number of hydrogen-bond acceptors (Lipinski definition) is 5. The second-order valence-corrected chi connectivity index (χ2v) is 10.8. The normalized spacial score (nSPS) is 22.6. The lowest BCUT2D eigenvalue weighted by Gasteiger charge is -2.33. The summed E-state index contributed by atoms with van der Waals surface area (Å²) in [7, 11) is -1.29. The number of para-hydroxylation sites is 2. The minimum atomic E-state index is -3.26. The maximum absolute atomic E-state index is 13.2. The molecule has 0 aliphatic carbocycles. The number of carbonyl (C=O) groups excluding carboxylic acids is 1. The largest absolute Gasteiger partial charge is 0.328 e. The maximum atomic E-state index is 13.2. The van der Waals surface area contributed by atoms with Crippen molar-refractivity contribution in [2.24, 2.45) is 13.0 Å². The molecule has 2 aromatic rings. The molecule has 0 N–H and O–H groups in total. The number of piperidine rings is 1. The summed E-state index contributed by atoms with van der Waals surface area (Å²) in [5.41, 5.74) is 1.98. The first-order valence-corrected chi connectivity index (χ1v) is 12.6. The first-order chi connectivity index (χ1) is 13.9. The van der Waals surface area contributed by atoms with Crippen LogP contribution in [0.5, 0.6) is 0 Å². The van der Waals surface area contributed by atoms with Crippen LogP contribution >= 0.6 is 11.8 Å². The summed E-state index contributed by atoms with van der Waals surface area (Å²) in [6.07, 6.45) is 3.43. The van der Waals surface area contributed by atoms with Crippen LogP contribution < -0.4 is 0 Å². The number of thioether (sulfide) groups is 1. The zero-order valence-corrected chi connectivity index (χ0v) is 18.4. The van der Waals surface area contributed by atoms with Gasteiger partial charge in [0, 0.05) is 38.5 Å². The number of hydrogen-bond donors (Lipinski definition) is 0. The Morgan fingerprint density at radius 2 is 2.10 bits per heavy atom. The molecule has 3 heterocycles. The van der Waals surface area contributed by atoms with Crippen LogP contribution in [-0.4, -0.2) is 64.2 Å². The lowest BCUT2D eigenvalue weighted by molar-refractivity contribution is -0.133. The number of sulfonamides is 1. The molecule has 0 bridgehead atoms. The highest BCUT2D eigenvalue weighted by Crippen LogP contribution is 2.33. The quantitative estimate of drug-likeness (QED) is 0.739. The van der Waals surface area contributed by atoms with Crippen molar-refractivity contribution >= 4 is 44.8 Å². The lowest BCUT2D eigenvalue weighted by Crippen LogP contribution is -2.46. The van der Waals surface area contributed by atoms with Crippen molar-refractivity contribution in [3.63, 3.8) is 0 Å². The van der Waals surface area contributed by atoms with E-state index in [0.29, 0.717) is 13.1 Å². The van der Waals surface area contributed by atoms with E-state index in [0.717, 1.165) is 40.5 Å². The fraction of sp³-hybridized carbons (Fsp3) is 0.500. The molecule has 1 amide bonds. The van der Waals surface area contributed by atoms with Gasteiger partial charge in [-0.25, -0.2) is 17.7 Å². The van der Waals surface area contributed by atoms with Crippen molar-refractivity contribution in [2.75, 3.05) is 31.1 Å². The van der Waals surface area contributed by atoms with Crippen molar-refractivity contribution in [1.82, 2.24) is 18.8 Å². The molecule has 2 fully saturated rings. The molecule has 1 atom stereocenters. The summed E-state index contributed by atoms with van der Waals surface area (Å²) in [6.45, 7) is 3.10. The molecule has 1 aromatic heterocycles. The van der Waals surface area contributed by atoms with Crippen LogP contribution in [0, 0.1) is 5.92 Å². The van der Waals surface area contributed by atoms with E-state index in [1.54, 1.807) is 18.7 Å². The Bertz CT molecular complexity index is 1060. The molecule has 1 aromatic carbocycles. The summed E-state index contributed by atoms with van der Waals surface area (Å²) in [4.78, 5) is 19.7. The zero-order chi connectivity index (χ0) is 20.6. The SMILES string of the molecule is CCS(=O)(=O)N1CCC[C@H](C(=O)N2CCS/C2=C/c2nc3ccccc3n2C)C1. The maximum Gasteiger partial charge on any atom is 0.231 e. The number of aromatic nitrogens is 2. The van der Waals surface area contributed by atoms with Crippen LogP contribution in [-0.2, 0) is 21.9 Å². The van der Waals surface area contributed by atoms with Gasteiger partial charge in [-0.05, 0) is 31.9 Å². The van der Waals surface area contributed by atoms with E-state index in [2.05, 4.69) is 4.98 Å². The first-order valence-electron chi connectivity index (χ1n) is 9.96. The Morgan fingerprint density at radius 1 is 1.31 bits per heavy atom. The fourth-order valence-electron chi connectivity index (χ4n) is 3.97. The molecule has 7 nitrogen and oxygen atoms in total. The van der Waals surface area contributed by atoms with E-state index < -0.39 is 10.0 Å². The van der Waals surface area contributed by atoms with Gasteiger partial charge in [-0.2, -0.15) is 0 Å². The predicted molar refractivity (Wildman–Crippen MR) is 117 cm³/mol. The number of rotatable bonds is 4. The zero-order valence-electron chi connectivity index (χ0n) is 16.7. The molecular formula is C20H26N4O3S2. The number of amides is 1. The van der Waals surface area contributed by atoms with Crippen molar-refractivity contribution in [2.45, 2.75) is 19.8 Å². The van der Waals surface area contributed by atoms with E-state index in [4.69, 9.17) is 0 Å². The molecule has 4 rings (SSSR count). The molecule has 0 spiro atoms. The van der Waals surface area contributed by atoms with E-state index in [1.807, 2.05) is 46.9 Å². The van der Waals surface area contributed by atoms with Crippen LogP contribution in [0.4, 0.5) is 0 Å². The van der Waals surface area contributed by atoms with Gasteiger partial charge in [-0.3, -0.25) is 4.79 Å².